The van der Waals surface area contributed by atoms with Gasteiger partial charge in [-0.1, -0.05) is 6.07 Å². The lowest BCUT2D eigenvalue weighted by molar-refractivity contribution is -0.121. The average Bonchev–Trinajstić information content (AvgIpc) is 2.57. The number of aryl methyl sites for hydroxylation is 1. The summed E-state index contributed by atoms with van der Waals surface area (Å²) in [6, 6.07) is 5.26. The molecular weight excluding hydrogens is 308 g/mol. The van der Waals surface area contributed by atoms with E-state index >= 15 is 0 Å². The monoisotopic (exact) mass is 330 g/mol. The van der Waals surface area contributed by atoms with Crippen LogP contribution >= 0.6 is 0 Å². The van der Waals surface area contributed by atoms with E-state index in [9.17, 15) is 9.59 Å². The van der Waals surface area contributed by atoms with Gasteiger partial charge in [0.2, 0.25) is 5.91 Å². The van der Waals surface area contributed by atoms with Gasteiger partial charge >= 0.3 is 0 Å². The van der Waals surface area contributed by atoms with Crippen LogP contribution in [0.5, 0.6) is 0 Å². The summed E-state index contributed by atoms with van der Waals surface area (Å²) in [5.74, 6) is 0.162. The molecule has 0 saturated carbocycles. The van der Waals surface area contributed by atoms with Crippen LogP contribution in [0.15, 0.2) is 29.2 Å². The van der Waals surface area contributed by atoms with Crippen LogP contribution in [0.4, 0.5) is 0 Å². The van der Waals surface area contributed by atoms with Gasteiger partial charge in [0.05, 0.1) is 13.0 Å². The second kappa shape index (κ2) is 8.35. The first-order valence-electron chi connectivity index (χ1n) is 7.89. The molecule has 0 aliphatic heterocycles. The number of pyridine rings is 1. The van der Waals surface area contributed by atoms with E-state index in [1.165, 1.54) is 0 Å². The van der Waals surface area contributed by atoms with Crippen molar-refractivity contribution in [3.8, 4) is 11.5 Å². The highest BCUT2D eigenvalue weighted by Gasteiger charge is 2.15. The van der Waals surface area contributed by atoms with Crippen molar-refractivity contribution in [2.24, 2.45) is 0 Å². The van der Waals surface area contributed by atoms with Gasteiger partial charge in [0, 0.05) is 30.1 Å². The maximum absolute atomic E-state index is 12.3. The van der Waals surface area contributed by atoms with Crippen LogP contribution in [0.25, 0.3) is 11.5 Å². The van der Waals surface area contributed by atoms with Crippen molar-refractivity contribution in [3.05, 3.63) is 46.0 Å². The quantitative estimate of drug-likeness (QED) is 0.796. The van der Waals surface area contributed by atoms with Gasteiger partial charge in [0.15, 0.2) is 5.82 Å². The third kappa shape index (κ3) is 4.73. The van der Waals surface area contributed by atoms with E-state index < -0.39 is 0 Å². The van der Waals surface area contributed by atoms with E-state index in [1.54, 1.807) is 25.3 Å². The molecule has 1 atom stereocenters. The molecule has 2 N–H and O–H groups in total. The second-order valence-electron chi connectivity index (χ2n) is 5.50. The first kappa shape index (κ1) is 17.8. The van der Waals surface area contributed by atoms with Crippen molar-refractivity contribution in [3.63, 3.8) is 0 Å². The molecule has 0 aliphatic carbocycles. The first-order chi connectivity index (χ1) is 11.5. The predicted octanol–water partition coefficient (Wildman–Crippen LogP) is 1.22. The fraction of sp³-hybridized carbons (Fsp3) is 0.412. The summed E-state index contributed by atoms with van der Waals surface area (Å²) in [6.45, 7) is 6.50. The van der Waals surface area contributed by atoms with Crippen LogP contribution in [-0.2, 0) is 16.0 Å². The number of ether oxygens (including phenoxy) is 1. The molecule has 2 heterocycles. The highest BCUT2D eigenvalue weighted by molar-refractivity contribution is 5.79. The largest absolute Gasteiger partial charge is 0.380 e. The summed E-state index contributed by atoms with van der Waals surface area (Å²) in [4.78, 5) is 35.6. The summed E-state index contributed by atoms with van der Waals surface area (Å²) in [5, 5.41) is 2.81. The highest BCUT2D eigenvalue weighted by atomic mass is 16.5. The van der Waals surface area contributed by atoms with Crippen LogP contribution in [0, 0.1) is 6.92 Å². The standard InChI is InChI=1S/C17H22N4O3/c1-4-24-10-11(2)19-15(22)9-13-12(3)20-16(21-17(13)23)14-7-5-6-8-18-14/h5-8,11H,4,9-10H2,1-3H3,(H,19,22)(H,20,21,23)/t11-/m0/s1. The minimum atomic E-state index is -0.323. The molecule has 7 heteroatoms. The maximum atomic E-state index is 12.3. The maximum Gasteiger partial charge on any atom is 0.255 e. The van der Waals surface area contributed by atoms with E-state index in [-0.39, 0.29) is 23.9 Å². The Morgan fingerprint density at radius 3 is 2.83 bits per heavy atom. The summed E-state index contributed by atoms with van der Waals surface area (Å²) in [5.41, 5.74) is 1.14. The van der Waals surface area contributed by atoms with E-state index in [2.05, 4.69) is 20.3 Å². The Morgan fingerprint density at radius 2 is 2.21 bits per heavy atom. The molecule has 128 valence electrons. The molecule has 0 radical (unpaired) electrons. The van der Waals surface area contributed by atoms with Crippen LogP contribution in [0.3, 0.4) is 0 Å². The summed E-state index contributed by atoms with van der Waals surface area (Å²) < 4.78 is 5.26. The number of amides is 1. The van der Waals surface area contributed by atoms with E-state index in [0.29, 0.717) is 36.0 Å². The molecule has 0 fully saturated rings. The third-order valence-corrected chi connectivity index (χ3v) is 3.45. The molecule has 2 rings (SSSR count). The molecule has 2 aromatic heterocycles. The van der Waals surface area contributed by atoms with Gasteiger partial charge in [-0.25, -0.2) is 4.98 Å². The second-order valence-corrected chi connectivity index (χ2v) is 5.50. The number of nitrogens with zero attached hydrogens (tertiary/aromatic N) is 2. The normalized spacial score (nSPS) is 12.0. The lowest BCUT2D eigenvalue weighted by Crippen LogP contribution is -2.38. The zero-order chi connectivity index (χ0) is 17.5. The Hall–Kier alpha value is -2.54. The number of carbonyl (C=O) groups is 1. The minimum Gasteiger partial charge on any atom is -0.380 e. The summed E-state index contributed by atoms with van der Waals surface area (Å²) in [7, 11) is 0. The van der Waals surface area contributed by atoms with Gasteiger partial charge in [-0.3, -0.25) is 14.6 Å². The topological polar surface area (TPSA) is 97.0 Å². The number of nitrogens with one attached hydrogen (secondary N) is 2. The molecule has 0 saturated heterocycles. The molecule has 0 bridgehead atoms. The molecular formula is C17H22N4O3. The zero-order valence-corrected chi connectivity index (χ0v) is 14.1. The predicted molar refractivity (Wildman–Crippen MR) is 90.6 cm³/mol. The number of carbonyl (C=O) groups excluding carboxylic acids is 1. The number of H-pyrrole nitrogens is 1. The Kier molecular flexibility index (Phi) is 6.20. The number of aromatic nitrogens is 3. The minimum absolute atomic E-state index is 0.0207. The van der Waals surface area contributed by atoms with Crippen molar-refractivity contribution in [1.82, 2.24) is 20.3 Å². The van der Waals surface area contributed by atoms with Gasteiger partial charge in [-0.2, -0.15) is 0 Å². The molecule has 0 spiro atoms. The smallest absolute Gasteiger partial charge is 0.255 e. The van der Waals surface area contributed by atoms with Crippen molar-refractivity contribution >= 4 is 5.91 Å². The molecule has 0 aliphatic rings. The zero-order valence-electron chi connectivity index (χ0n) is 14.1. The lowest BCUT2D eigenvalue weighted by atomic mass is 10.1. The van der Waals surface area contributed by atoms with Crippen LogP contribution in [-0.4, -0.2) is 40.1 Å². The van der Waals surface area contributed by atoms with Gasteiger partial charge in [0.1, 0.15) is 5.69 Å². The van der Waals surface area contributed by atoms with Crippen molar-refractivity contribution < 1.29 is 9.53 Å². The summed E-state index contributed by atoms with van der Waals surface area (Å²) >= 11 is 0. The number of hydrogen-bond donors (Lipinski definition) is 2. The molecule has 2 aromatic rings. The van der Waals surface area contributed by atoms with E-state index in [1.807, 2.05) is 19.9 Å². The van der Waals surface area contributed by atoms with E-state index in [4.69, 9.17) is 4.74 Å². The molecule has 0 aromatic carbocycles. The SMILES string of the molecule is CCOC[C@H](C)NC(=O)Cc1c(C)nc(-c2ccccn2)[nH]c1=O. The summed E-state index contributed by atoms with van der Waals surface area (Å²) in [6.07, 6.45) is 1.61. The molecule has 1 amide bonds. The average molecular weight is 330 g/mol. The van der Waals surface area contributed by atoms with Gasteiger partial charge in [0.25, 0.3) is 5.56 Å². The highest BCUT2D eigenvalue weighted by Crippen LogP contribution is 2.11. The third-order valence-electron chi connectivity index (χ3n) is 3.45. The molecule has 7 nitrogen and oxygen atoms in total. The van der Waals surface area contributed by atoms with Gasteiger partial charge in [-0.05, 0) is 32.9 Å². The van der Waals surface area contributed by atoms with Crippen LogP contribution in [0.2, 0.25) is 0 Å². The Bertz CT molecular complexity index is 743. The molecule has 0 unspecified atom stereocenters. The van der Waals surface area contributed by atoms with Crippen molar-refractivity contribution in [2.45, 2.75) is 33.2 Å². The first-order valence-corrected chi connectivity index (χ1v) is 7.89. The lowest BCUT2D eigenvalue weighted by Gasteiger charge is -2.14. The van der Waals surface area contributed by atoms with E-state index in [0.717, 1.165) is 0 Å². The Morgan fingerprint density at radius 1 is 1.42 bits per heavy atom. The van der Waals surface area contributed by atoms with Crippen LogP contribution < -0.4 is 10.9 Å². The fourth-order valence-corrected chi connectivity index (χ4v) is 2.27. The van der Waals surface area contributed by atoms with Gasteiger partial charge in [-0.15, -0.1) is 0 Å². The molecule has 24 heavy (non-hydrogen) atoms. The Balaban J connectivity index is 2.12. The van der Waals surface area contributed by atoms with Crippen LogP contribution in [0.1, 0.15) is 25.1 Å². The van der Waals surface area contributed by atoms with Gasteiger partial charge < -0.3 is 15.0 Å². The number of rotatable bonds is 7. The van der Waals surface area contributed by atoms with Crippen molar-refractivity contribution in [1.29, 1.82) is 0 Å². The Labute approximate surface area is 140 Å². The number of hydrogen-bond acceptors (Lipinski definition) is 5. The number of aromatic amines is 1. The fourth-order valence-electron chi connectivity index (χ4n) is 2.27. The van der Waals surface area contributed by atoms with Crippen molar-refractivity contribution in [2.75, 3.05) is 13.2 Å².